The maximum Gasteiger partial charge on any atom is 0.261 e. The topological polar surface area (TPSA) is 115 Å². The predicted octanol–water partition coefficient (Wildman–Crippen LogP) is 8.47. The van der Waals surface area contributed by atoms with Gasteiger partial charge in [0.05, 0.1) is 47.4 Å². The third-order valence-corrected chi connectivity index (χ3v) is 14.7. The number of imide groups is 2. The van der Waals surface area contributed by atoms with Gasteiger partial charge in [-0.2, -0.15) is 0 Å². The minimum Gasteiger partial charge on any atom is -0.333 e. The number of hydrogen-bond donors (Lipinski definition) is 0. The van der Waals surface area contributed by atoms with Gasteiger partial charge < -0.3 is 9.80 Å². The molecular formula is C52H56N4O6. The Kier molecular flexibility index (Phi) is 11.7. The summed E-state index contributed by atoms with van der Waals surface area (Å²) in [7, 11) is 0. The molecule has 4 heterocycles. The standard InChI is InChI=1S/2C26H28N2O3/c2*1-17-8-2-4-10-19(17)24(29)27-15-14-18-9-3-5-11-20(18)23(27)16-28-25(30)21-12-6-7-13-22(21)26(28)31/h2*3,5-7,9,11-13,17,19,23H,2,4,8,10,14-16H2,1H3/t17-,19+,23+;17-,19+,23-/m00/s1. The zero-order valence-corrected chi connectivity index (χ0v) is 35.8. The number of amides is 6. The maximum atomic E-state index is 13.7. The minimum absolute atomic E-state index is 0.0312. The van der Waals surface area contributed by atoms with Crippen LogP contribution in [-0.2, 0) is 22.4 Å². The summed E-state index contributed by atoms with van der Waals surface area (Å²) in [6, 6.07) is 29.6. The van der Waals surface area contributed by atoms with Crippen LogP contribution in [0.1, 0.15) is 141 Å². The summed E-state index contributed by atoms with van der Waals surface area (Å²) in [6.45, 7) is 6.03. The summed E-state index contributed by atoms with van der Waals surface area (Å²) >= 11 is 0. The average Bonchev–Trinajstić information content (AvgIpc) is 3.69. The van der Waals surface area contributed by atoms with Crippen molar-refractivity contribution in [2.75, 3.05) is 26.2 Å². The van der Waals surface area contributed by atoms with Gasteiger partial charge in [0.1, 0.15) is 0 Å². The molecule has 2 aliphatic carbocycles. The van der Waals surface area contributed by atoms with Crippen LogP contribution in [0, 0.1) is 23.7 Å². The summed E-state index contributed by atoms with van der Waals surface area (Å²) in [4.78, 5) is 86.0. The molecule has 0 saturated heterocycles. The first-order valence-electron chi connectivity index (χ1n) is 22.8. The van der Waals surface area contributed by atoms with Crippen molar-refractivity contribution in [2.45, 2.75) is 90.1 Å². The van der Waals surface area contributed by atoms with Gasteiger partial charge in [-0.15, -0.1) is 0 Å². The molecule has 0 radical (unpaired) electrons. The highest BCUT2D eigenvalue weighted by Crippen LogP contribution is 2.40. The van der Waals surface area contributed by atoms with Crippen LogP contribution in [0.4, 0.5) is 0 Å². The second-order valence-electron chi connectivity index (χ2n) is 18.3. The van der Waals surface area contributed by atoms with Gasteiger partial charge in [0.25, 0.3) is 23.6 Å². The first kappa shape index (κ1) is 41.5. The van der Waals surface area contributed by atoms with Crippen molar-refractivity contribution in [2.24, 2.45) is 23.7 Å². The van der Waals surface area contributed by atoms with Crippen LogP contribution < -0.4 is 0 Å². The normalized spacial score (nSPS) is 25.4. The Labute approximate surface area is 364 Å². The number of hydrogen-bond acceptors (Lipinski definition) is 6. The summed E-state index contributed by atoms with van der Waals surface area (Å²) in [6.07, 6.45) is 10.2. The van der Waals surface area contributed by atoms with Gasteiger partial charge in [0, 0.05) is 24.9 Å². The molecule has 10 nitrogen and oxygen atoms in total. The fourth-order valence-electron chi connectivity index (χ4n) is 11.2. The fraction of sp³-hybridized carbons (Fsp3) is 0.423. The quantitative estimate of drug-likeness (QED) is 0.180. The minimum atomic E-state index is -0.297. The number of rotatable bonds is 6. The Morgan fingerprint density at radius 2 is 0.790 bits per heavy atom. The zero-order valence-electron chi connectivity index (χ0n) is 35.8. The van der Waals surface area contributed by atoms with Crippen molar-refractivity contribution in [1.29, 1.82) is 0 Å². The monoisotopic (exact) mass is 832 g/mol. The first-order valence-corrected chi connectivity index (χ1v) is 22.8. The second-order valence-corrected chi connectivity index (χ2v) is 18.3. The molecule has 10 heteroatoms. The third-order valence-electron chi connectivity index (χ3n) is 14.7. The average molecular weight is 833 g/mol. The number of carbonyl (C=O) groups excluding carboxylic acids is 6. The molecular weight excluding hydrogens is 777 g/mol. The van der Waals surface area contributed by atoms with E-state index < -0.39 is 0 Å². The molecule has 0 N–H and O–H groups in total. The van der Waals surface area contributed by atoms with Crippen LogP contribution in [0.3, 0.4) is 0 Å². The van der Waals surface area contributed by atoms with E-state index in [0.717, 1.165) is 62.5 Å². The molecule has 0 spiro atoms. The summed E-state index contributed by atoms with van der Waals surface area (Å²) < 4.78 is 0. The van der Waals surface area contributed by atoms with Crippen LogP contribution in [0.2, 0.25) is 0 Å². The Morgan fingerprint density at radius 3 is 1.15 bits per heavy atom. The van der Waals surface area contributed by atoms with Crippen molar-refractivity contribution < 1.29 is 28.8 Å². The number of benzene rings is 4. The van der Waals surface area contributed by atoms with Gasteiger partial charge in [-0.25, -0.2) is 0 Å². The Bertz CT molecular complexity index is 2190. The summed E-state index contributed by atoms with van der Waals surface area (Å²) in [5.41, 5.74) is 6.33. The van der Waals surface area contributed by atoms with Crippen LogP contribution in [-0.4, -0.2) is 81.2 Å². The van der Waals surface area contributed by atoms with E-state index in [1.807, 2.05) is 46.2 Å². The molecule has 0 bridgehead atoms. The molecule has 2 fully saturated rings. The zero-order chi connectivity index (χ0) is 43.1. The fourth-order valence-corrected chi connectivity index (χ4v) is 11.2. The molecule has 4 aromatic carbocycles. The lowest BCUT2D eigenvalue weighted by molar-refractivity contribution is -0.142. The Balaban J connectivity index is 0.000000158. The van der Waals surface area contributed by atoms with Gasteiger partial charge in [-0.3, -0.25) is 38.6 Å². The van der Waals surface area contributed by atoms with Gasteiger partial charge in [0.15, 0.2) is 0 Å². The van der Waals surface area contributed by atoms with Crippen LogP contribution >= 0.6 is 0 Å². The Morgan fingerprint density at radius 1 is 0.468 bits per heavy atom. The highest BCUT2D eigenvalue weighted by atomic mass is 16.2. The largest absolute Gasteiger partial charge is 0.333 e. The van der Waals surface area contributed by atoms with Crippen LogP contribution in [0.25, 0.3) is 0 Å². The molecule has 62 heavy (non-hydrogen) atoms. The molecule has 6 atom stereocenters. The lowest BCUT2D eigenvalue weighted by atomic mass is 9.78. The molecule has 2 saturated carbocycles. The van der Waals surface area contributed by atoms with Crippen molar-refractivity contribution in [3.63, 3.8) is 0 Å². The molecule has 4 aromatic rings. The van der Waals surface area contributed by atoms with Gasteiger partial charge in [-0.05, 0) is 96.9 Å². The van der Waals surface area contributed by atoms with E-state index in [1.165, 1.54) is 33.8 Å². The number of carbonyl (C=O) groups is 6. The molecule has 0 unspecified atom stereocenters. The maximum absolute atomic E-state index is 13.7. The van der Waals surface area contributed by atoms with Gasteiger partial charge in [0.2, 0.25) is 11.8 Å². The van der Waals surface area contributed by atoms with Crippen LogP contribution in [0.15, 0.2) is 97.1 Å². The first-order chi connectivity index (χ1) is 30.1. The second kappa shape index (κ2) is 17.5. The molecule has 0 aromatic heterocycles. The SMILES string of the molecule is C[C@H]1CCCC[C@H]1C(=O)N1CCc2ccccc2[C@@H]1CN1C(=O)c2ccccc2C1=O.C[C@H]1CCCC[C@H]1C(=O)N1CCc2ccccc2[C@H]1CN1C(=O)c2ccccc2C1=O. The van der Waals surface area contributed by atoms with E-state index in [9.17, 15) is 28.8 Å². The number of fused-ring (bicyclic) bond motifs is 4. The molecule has 6 amide bonds. The Hall–Kier alpha value is -5.90. The summed E-state index contributed by atoms with van der Waals surface area (Å²) in [5.74, 6) is 0.129. The van der Waals surface area contributed by atoms with Crippen molar-refractivity contribution >= 4 is 35.4 Å². The van der Waals surface area contributed by atoms with E-state index in [4.69, 9.17) is 0 Å². The van der Waals surface area contributed by atoms with Crippen molar-refractivity contribution in [3.05, 3.63) is 142 Å². The van der Waals surface area contributed by atoms with E-state index in [2.05, 4.69) is 26.0 Å². The van der Waals surface area contributed by atoms with Gasteiger partial charge >= 0.3 is 0 Å². The summed E-state index contributed by atoms with van der Waals surface area (Å²) in [5, 5.41) is 0. The van der Waals surface area contributed by atoms with Gasteiger partial charge in [-0.1, -0.05) is 112 Å². The van der Waals surface area contributed by atoms with Crippen molar-refractivity contribution in [3.8, 4) is 0 Å². The third kappa shape index (κ3) is 7.55. The predicted molar refractivity (Wildman–Crippen MR) is 235 cm³/mol. The van der Waals surface area contributed by atoms with E-state index in [1.54, 1.807) is 48.5 Å². The highest BCUT2D eigenvalue weighted by Gasteiger charge is 2.44. The van der Waals surface area contributed by atoms with E-state index in [-0.39, 0.29) is 72.5 Å². The number of nitrogens with zero attached hydrogens (tertiary/aromatic N) is 4. The molecule has 10 rings (SSSR count). The van der Waals surface area contributed by atoms with E-state index >= 15 is 0 Å². The molecule has 320 valence electrons. The van der Waals surface area contributed by atoms with Crippen LogP contribution in [0.5, 0.6) is 0 Å². The molecule has 4 aliphatic heterocycles. The highest BCUT2D eigenvalue weighted by molar-refractivity contribution is 6.22. The lowest BCUT2D eigenvalue weighted by Gasteiger charge is -2.42. The lowest BCUT2D eigenvalue weighted by Crippen LogP contribution is -2.49. The smallest absolute Gasteiger partial charge is 0.261 e. The molecule has 6 aliphatic rings. The van der Waals surface area contributed by atoms with Crippen molar-refractivity contribution in [1.82, 2.24) is 19.6 Å². The van der Waals surface area contributed by atoms with E-state index in [0.29, 0.717) is 47.2 Å².